The highest BCUT2D eigenvalue weighted by atomic mass is 19.1. The van der Waals surface area contributed by atoms with Crippen molar-refractivity contribution in [2.45, 2.75) is 19.9 Å². The number of ether oxygens (including phenoxy) is 2. The lowest BCUT2D eigenvalue weighted by atomic mass is 10.1. The number of carbonyl (C=O) groups is 1. The average molecular weight is 361 g/mol. The third-order valence-electron chi connectivity index (χ3n) is 3.70. The van der Waals surface area contributed by atoms with Crippen molar-refractivity contribution in [1.29, 1.82) is 0 Å². The molecular weight excluding hydrogens is 340 g/mol. The molecule has 0 aromatic heterocycles. The zero-order valence-corrected chi connectivity index (χ0v) is 14.9. The molecule has 4 nitrogen and oxygen atoms in total. The Morgan fingerprint density at radius 1 is 1.19 bits per heavy atom. The molecule has 0 aliphatic heterocycles. The van der Waals surface area contributed by atoms with Gasteiger partial charge < -0.3 is 14.8 Å². The van der Waals surface area contributed by atoms with E-state index in [1.54, 1.807) is 38.3 Å². The smallest absolute Gasteiger partial charge is 0.244 e. The molecule has 0 aliphatic carbocycles. The molecule has 1 amide bonds. The maximum absolute atomic E-state index is 13.8. The molecule has 0 saturated carbocycles. The summed E-state index contributed by atoms with van der Waals surface area (Å²) >= 11 is 0. The van der Waals surface area contributed by atoms with E-state index in [2.05, 4.69) is 5.32 Å². The van der Waals surface area contributed by atoms with Gasteiger partial charge in [-0.2, -0.15) is 0 Å². The van der Waals surface area contributed by atoms with Crippen LogP contribution in [-0.2, 0) is 4.79 Å². The van der Waals surface area contributed by atoms with E-state index in [9.17, 15) is 13.6 Å². The van der Waals surface area contributed by atoms with Crippen molar-refractivity contribution < 1.29 is 23.0 Å². The standard InChI is InChI=1S/C20H21F2NO3/c1-4-26-19-11-14(5-9-18(19)25-3)6-10-20(24)23-13(2)16-8-7-15(21)12-17(16)22/h5-13H,4H2,1-3H3,(H,23,24)/b10-6+. The number of halogens is 2. The summed E-state index contributed by atoms with van der Waals surface area (Å²) in [4.78, 5) is 12.1. The summed E-state index contributed by atoms with van der Waals surface area (Å²) in [7, 11) is 1.55. The van der Waals surface area contributed by atoms with Crippen LogP contribution in [0.2, 0.25) is 0 Å². The third kappa shape index (κ3) is 5.05. The van der Waals surface area contributed by atoms with Crippen LogP contribution in [0.15, 0.2) is 42.5 Å². The zero-order valence-electron chi connectivity index (χ0n) is 14.9. The first-order valence-corrected chi connectivity index (χ1v) is 8.19. The molecule has 1 N–H and O–H groups in total. The molecule has 2 aromatic rings. The normalized spacial score (nSPS) is 12.0. The molecule has 0 spiro atoms. The number of amides is 1. The first-order chi connectivity index (χ1) is 12.4. The average Bonchev–Trinajstić information content (AvgIpc) is 2.60. The lowest BCUT2D eigenvalue weighted by Crippen LogP contribution is -2.25. The lowest BCUT2D eigenvalue weighted by molar-refractivity contribution is -0.117. The van der Waals surface area contributed by atoms with Crippen molar-refractivity contribution in [1.82, 2.24) is 5.32 Å². The van der Waals surface area contributed by atoms with Crippen molar-refractivity contribution in [2.24, 2.45) is 0 Å². The number of benzene rings is 2. The predicted octanol–water partition coefficient (Wildman–Crippen LogP) is 4.26. The van der Waals surface area contributed by atoms with E-state index in [4.69, 9.17) is 9.47 Å². The molecule has 0 saturated heterocycles. The number of hydrogen-bond acceptors (Lipinski definition) is 3. The number of methoxy groups -OCH3 is 1. The fourth-order valence-electron chi connectivity index (χ4n) is 2.43. The molecule has 0 bridgehead atoms. The summed E-state index contributed by atoms with van der Waals surface area (Å²) in [6.07, 6.45) is 2.96. The van der Waals surface area contributed by atoms with E-state index >= 15 is 0 Å². The minimum atomic E-state index is -0.696. The summed E-state index contributed by atoms with van der Waals surface area (Å²) in [5.74, 6) is -0.559. The van der Waals surface area contributed by atoms with Gasteiger partial charge in [-0.3, -0.25) is 4.79 Å². The van der Waals surface area contributed by atoms with E-state index in [0.29, 0.717) is 18.1 Å². The molecular formula is C20H21F2NO3. The van der Waals surface area contributed by atoms with Gasteiger partial charge in [0.05, 0.1) is 19.8 Å². The van der Waals surface area contributed by atoms with Crippen LogP contribution in [-0.4, -0.2) is 19.6 Å². The molecule has 2 rings (SSSR count). The van der Waals surface area contributed by atoms with Crippen LogP contribution >= 0.6 is 0 Å². The van der Waals surface area contributed by atoms with Crippen molar-refractivity contribution in [3.05, 3.63) is 65.2 Å². The minimum Gasteiger partial charge on any atom is -0.493 e. The SMILES string of the molecule is CCOc1cc(/C=C/C(=O)NC(C)c2ccc(F)cc2F)ccc1OC. The van der Waals surface area contributed by atoms with E-state index in [-0.39, 0.29) is 5.56 Å². The molecule has 2 aromatic carbocycles. The highest BCUT2D eigenvalue weighted by Gasteiger charge is 2.13. The molecule has 0 aliphatic rings. The van der Waals surface area contributed by atoms with Crippen molar-refractivity contribution in [2.75, 3.05) is 13.7 Å². The van der Waals surface area contributed by atoms with Crippen LogP contribution in [0.4, 0.5) is 8.78 Å². The number of hydrogen-bond donors (Lipinski definition) is 1. The number of nitrogens with one attached hydrogen (secondary N) is 1. The Balaban J connectivity index is 2.05. The van der Waals surface area contributed by atoms with E-state index in [1.165, 1.54) is 12.1 Å². The second-order valence-electron chi connectivity index (χ2n) is 5.57. The monoisotopic (exact) mass is 361 g/mol. The van der Waals surface area contributed by atoms with Crippen LogP contribution in [0.25, 0.3) is 6.08 Å². The van der Waals surface area contributed by atoms with Crippen molar-refractivity contribution in [3.63, 3.8) is 0 Å². The number of rotatable bonds is 7. The quantitative estimate of drug-likeness (QED) is 0.750. The van der Waals surface area contributed by atoms with Gasteiger partial charge in [0, 0.05) is 17.7 Å². The summed E-state index contributed by atoms with van der Waals surface area (Å²) < 4.78 is 37.4. The van der Waals surface area contributed by atoms with E-state index in [0.717, 1.165) is 17.7 Å². The van der Waals surface area contributed by atoms with Crippen molar-refractivity contribution in [3.8, 4) is 11.5 Å². The maximum Gasteiger partial charge on any atom is 0.244 e. The topological polar surface area (TPSA) is 47.6 Å². The van der Waals surface area contributed by atoms with Crippen LogP contribution in [0.1, 0.15) is 31.0 Å². The largest absolute Gasteiger partial charge is 0.493 e. The molecule has 1 unspecified atom stereocenters. The van der Waals surface area contributed by atoms with Gasteiger partial charge in [-0.25, -0.2) is 8.78 Å². The highest BCUT2D eigenvalue weighted by Crippen LogP contribution is 2.28. The Bertz CT molecular complexity index is 806. The van der Waals surface area contributed by atoms with Crippen LogP contribution in [0, 0.1) is 11.6 Å². The first kappa shape index (κ1) is 19.4. The molecule has 26 heavy (non-hydrogen) atoms. The van der Waals surface area contributed by atoms with Crippen LogP contribution < -0.4 is 14.8 Å². The van der Waals surface area contributed by atoms with Gasteiger partial charge in [0.1, 0.15) is 11.6 Å². The van der Waals surface area contributed by atoms with Gasteiger partial charge >= 0.3 is 0 Å². The summed E-state index contributed by atoms with van der Waals surface area (Å²) in [6, 6.07) is 7.96. The second-order valence-corrected chi connectivity index (χ2v) is 5.57. The predicted molar refractivity (Wildman–Crippen MR) is 96.1 cm³/mol. The van der Waals surface area contributed by atoms with Gasteiger partial charge in [-0.05, 0) is 43.7 Å². The first-order valence-electron chi connectivity index (χ1n) is 8.19. The van der Waals surface area contributed by atoms with Crippen LogP contribution in [0.3, 0.4) is 0 Å². The molecule has 6 heteroatoms. The molecule has 0 fully saturated rings. The molecule has 1 atom stereocenters. The van der Waals surface area contributed by atoms with Crippen LogP contribution in [0.5, 0.6) is 11.5 Å². The Morgan fingerprint density at radius 3 is 2.62 bits per heavy atom. The van der Waals surface area contributed by atoms with E-state index in [1.807, 2.05) is 6.92 Å². The van der Waals surface area contributed by atoms with Gasteiger partial charge in [0.25, 0.3) is 0 Å². The Hall–Kier alpha value is -2.89. The minimum absolute atomic E-state index is 0.219. The number of carbonyl (C=O) groups excluding carboxylic acids is 1. The fraction of sp³-hybridized carbons (Fsp3) is 0.250. The second kappa shape index (κ2) is 8.99. The summed E-state index contributed by atoms with van der Waals surface area (Å²) in [5.41, 5.74) is 0.973. The molecule has 0 heterocycles. The fourth-order valence-corrected chi connectivity index (χ4v) is 2.43. The molecule has 138 valence electrons. The van der Waals surface area contributed by atoms with Gasteiger partial charge in [0.2, 0.25) is 5.91 Å². The highest BCUT2D eigenvalue weighted by molar-refractivity contribution is 5.92. The zero-order chi connectivity index (χ0) is 19.1. The summed E-state index contributed by atoms with van der Waals surface area (Å²) in [5, 5.41) is 2.64. The van der Waals surface area contributed by atoms with Crippen molar-refractivity contribution >= 4 is 12.0 Å². The maximum atomic E-state index is 13.8. The van der Waals surface area contributed by atoms with Gasteiger partial charge in [-0.1, -0.05) is 12.1 Å². The Labute approximate surface area is 151 Å². The van der Waals surface area contributed by atoms with Gasteiger partial charge in [0.15, 0.2) is 11.5 Å². The molecule has 0 radical (unpaired) electrons. The van der Waals surface area contributed by atoms with E-state index < -0.39 is 23.6 Å². The van der Waals surface area contributed by atoms with Gasteiger partial charge in [-0.15, -0.1) is 0 Å². The summed E-state index contributed by atoms with van der Waals surface area (Å²) in [6.45, 7) is 3.98. The third-order valence-corrected chi connectivity index (χ3v) is 3.70. The Kier molecular flexibility index (Phi) is 6.72. The lowest BCUT2D eigenvalue weighted by Gasteiger charge is -2.14. The Morgan fingerprint density at radius 2 is 1.96 bits per heavy atom.